The third kappa shape index (κ3) is 5.71. The number of anilines is 3. The molecule has 1 aliphatic rings. The number of aryl methyl sites for hydroxylation is 1. The molecule has 10 aromatic carbocycles. The molecular formula is C60H44N2. The van der Waals surface area contributed by atoms with E-state index in [0.29, 0.717) is 0 Å². The van der Waals surface area contributed by atoms with Gasteiger partial charge in [-0.3, -0.25) is 0 Å². The summed E-state index contributed by atoms with van der Waals surface area (Å²) in [7, 11) is 0. The molecule has 0 saturated carbocycles. The smallest absolute Gasteiger partial charge is 0.0541 e. The van der Waals surface area contributed by atoms with Crippen LogP contribution in [0.15, 0.2) is 212 Å². The van der Waals surface area contributed by atoms with Crippen LogP contribution in [-0.4, -0.2) is 4.57 Å². The number of benzene rings is 10. The summed E-state index contributed by atoms with van der Waals surface area (Å²) in [6, 6.07) is 78.6. The molecule has 2 nitrogen and oxygen atoms in total. The number of para-hydroxylation sites is 1. The summed E-state index contributed by atoms with van der Waals surface area (Å²) >= 11 is 0. The van der Waals surface area contributed by atoms with Crippen molar-refractivity contribution >= 4 is 60.4 Å². The van der Waals surface area contributed by atoms with E-state index in [2.05, 4.69) is 243 Å². The molecule has 1 heterocycles. The second kappa shape index (κ2) is 13.9. The minimum atomic E-state index is -0.0932. The lowest BCUT2D eigenvalue weighted by molar-refractivity contribution is 0.660. The summed E-state index contributed by atoms with van der Waals surface area (Å²) < 4.78 is 2.39. The van der Waals surface area contributed by atoms with Gasteiger partial charge in [0.25, 0.3) is 0 Å². The maximum Gasteiger partial charge on any atom is 0.0541 e. The topological polar surface area (TPSA) is 8.17 Å². The Morgan fingerprint density at radius 2 is 0.984 bits per heavy atom. The van der Waals surface area contributed by atoms with Crippen molar-refractivity contribution in [3.05, 3.63) is 229 Å². The fraction of sp³-hybridized carbons (Fsp3) is 0.0667. The molecule has 0 aliphatic heterocycles. The molecule has 0 radical (unpaired) electrons. The van der Waals surface area contributed by atoms with Gasteiger partial charge >= 0.3 is 0 Å². The first-order valence-electron chi connectivity index (χ1n) is 21.7. The van der Waals surface area contributed by atoms with Crippen LogP contribution < -0.4 is 4.90 Å². The van der Waals surface area contributed by atoms with Gasteiger partial charge in [-0.15, -0.1) is 0 Å². The van der Waals surface area contributed by atoms with E-state index in [-0.39, 0.29) is 5.41 Å². The molecule has 1 aliphatic carbocycles. The van der Waals surface area contributed by atoms with Crippen LogP contribution in [0.3, 0.4) is 0 Å². The number of aromatic nitrogens is 1. The van der Waals surface area contributed by atoms with Crippen LogP contribution in [0.1, 0.15) is 30.5 Å². The largest absolute Gasteiger partial charge is 0.310 e. The number of nitrogens with zero attached hydrogens (tertiary/aromatic N) is 2. The van der Waals surface area contributed by atoms with Gasteiger partial charge in [0.15, 0.2) is 0 Å². The van der Waals surface area contributed by atoms with Gasteiger partial charge in [-0.1, -0.05) is 153 Å². The molecule has 2 heteroatoms. The second-order valence-corrected chi connectivity index (χ2v) is 17.5. The lowest BCUT2D eigenvalue weighted by Gasteiger charge is -2.29. The average Bonchev–Trinajstić information content (AvgIpc) is 3.76. The van der Waals surface area contributed by atoms with Crippen LogP contribution in [0.4, 0.5) is 17.1 Å². The molecule has 0 fully saturated rings. The fourth-order valence-corrected chi connectivity index (χ4v) is 10.2. The van der Waals surface area contributed by atoms with Crippen molar-refractivity contribution in [2.75, 3.05) is 4.90 Å². The van der Waals surface area contributed by atoms with Crippen LogP contribution in [0.5, 0.6) is 0 Å². The van der Waals surface area contributed by atoms with Gasteiger partial charge in [-0.05, 0) is 146 Å². The highest BCUT2D eigenvalue weighted by molar-refractivity contribution is 6.11. The Balaban J connectivity index is 0.900. The van der Waals surface area contributed by atoms with Crippen LogP contribution >= 0.6 is 0 Å². The first kappa shape index (κ1) is 36.2. The van der Waals surface area contributed by atoms with Crippen molar-refractivity contribution in [1.29, 1.82) is 0 Å². The summed E-state index contributed by atoms with van der Waals surface area (Å²) in [5.41, 5.74) is 18.5. The van der Waals surface area contributed by atoms with E-state index in [1.165, 1.54) is 105 Å². The molecule has 0 amide bonds. The highest BCUT2D eigenvalue weighted by Gasteiger charge is 2.35. The van der Waals surface area contributed by atoms with E-state index < -0.39 is 0 Å². The third-order valence-electron chi connectivity index (χ3n) is 13.4. The van der Waals surface area contributed by atoms with Gasteiger partial charge < -0.3 is 9.47 Å². The van der Waals surface area contributed by atoms with E-state index in [9.17, 15) is 0 Å². The Hall–Kier alpha value is -7.68. The van der Waals surface area contributed by atoms with Gasteiger partial charge in [-0.25, -0.2) is 0 Å². The van der Waals surface area contributed by atoms with Crippen molar-refractivity contribution in [3.63, 3.8) is 0 Å². The summed E-state index contributed by atoms with van der Waals surface area (Å²) in [5, 5.41) is 7.47. The minimum Gasteiger partial charge on any atom is -0.310 e. The zero-order valence-corrected chi connectivity index (χ0v) is 35.1. The summed E-state index contributed by atoms with van der Waals surface area (Å²) in [6.07, 6.45) is 0. The minimum absolute atomic E-state index is 0.0932. The van der Waals surface area contributed by atoms with E-state index in [1.54, 1.807) is 0 Å². The Bertz CT molecular complexity index is 3550. The Labute approximate surface area is 362 Å². The lowest BCUT2D eigenvalue weighted by atomic mass is 9.82. The average molecular weight is 793 g/mol. The molecule has 0 saturated heterocycles. The van der Waals surface area contributed by atoms with E-state index in [0.717, 1.165) is 11.4 Å². The standard InChI is InChI=1S/C60H44N2/c1-39-20-32-58-53(34-39)54-37-46(27-33-59(54)62(58)47-14-5-4-6-15-47)45-24-23-43-35-42(21-22-44(43)36-45)40-25-28-48(29-26-40)61(57-19-11-13-41-12-7-8-16-50(41)57)49-30-31-52-51-17-9-10-18-55(51)60(2,3)56(52)38-49/h4-38H,1-3H3. The first-order chi connectivity index (χ1) is 30.4. The Kier molecular flexibility index (Phi) is 8.14. The first-order valence-corrected chi connectivity index (χ1v) is 21.7. The summed E-state index contributed by atoms with van der Waals surface area (Å²) in [5.74, 6) is 0. The molecule has 0 bridgehead atoms. The van der Waals surface area contributed by atoms with Gasteiger partial charge in [0, 0.05) is 38.6 Å². The van der Waals surface area contributed by atoms with E-state index in [1.807, 2.05) is 0 Å². The monoisotopic (exact) mass is 792 g/mol. The molecule has 0 atom stereocenters. The maximum absolute atomic E-state index is 2.44. The SMILES string of the molecule is Cc1ccc2c(c1)c1cc(-c3ccc4cc(-c5ccc(N(c6ccc7c(c6)C(C)(C)c6ccccc6-7)c6cccc7ccccc67)cc5)ccc4c3)ccc1n2-c1ccccc1. The molecule has 0 spiro atoms. The normalized spacial score (nSPS) is 12.9. The summed E-state index contributed by atoms with van der Waals surface area (Å²) in [4.78, 5) is 2.44. The second-order valence-electron chi connectivity index (χ2n) is 17.5. The molecule has 12 rings (SSSR count). The quantitative estimate of drug-likeness (QED) is 0.163. The Morgan fingerprint density at radius 3 is 1.79 bits per heavy atom. The van der Waals surface area contributed by atoms with Gasteiger partial charge in [0.2, 0.25) is 0 Å². The third-order valence-corrected chi connectivity index (χ3v) is 13.4. The van der Waals surface area contributed by atoms with Crippen LogP contribution in [0.25, 0.3) is 82.4 Å². The molecule has 0 N–H and O–H groups in total. The van der Waals surface area contributed by atoms with Crippen LogP contribution in [-0.2, 0) is 5.41 Å². The van der Waals surface area contributed by atoms with Gasteiger partial charge in [0.05, 0.1) is 16.7 Å². The Morgan fingerprint density at radius 1 is 0.387 bits per heavy atom. The molecule has 294 valence electrons. The molecule has 11 aromatic rings. The number of hydrogen-bond donors (Lipinski definition) is 0. The summed E-state index contributed by atoms with van der Waals surface area (Å²) in [6.45, 7) is 6.89. The highest BCUT2D eigenvalue weighted by Crippen LogP contribution is 2.51. The lowest BCUT2D eigenvalue weighted by Crippen LogP contribution is -2.16. The van der Waals surface area contributed by atoms with Crippen LogP contribution in [0, 0.1) is 6.92 Å². The van der Waals surface area contributed by atoms with Crippen LogP contribution in [0.2, 0.25) is 0 Å². The van der Waals surface area contributed by atoms with Gasteiger partial charge in [-0.2, -0.15) is 0 Å². The number of rotatable bonds is 6. The molecule has 1 aromatic heterocycles. The number of hydrogen-bond acceptors (Lipinski definition) is 1. The van der Waals surface area contributed by atoms with E-state index in [4.69, 9.17) is 0 Å². The van der Waals surface area contributed by atoms with Gasteiger partial charge in [0.1, 0.15) is 0 Å². The van der Waals surface area contributed by atoms with Crippen molar-refractivity contribution in [3.8, 4) is 39.1 Å². The van der Waals surface area contributed by atoms with E-state index >= 15 is 0 Å². The highest BCUT2D eigenvalue weighted by atomic mass is 15.1. The van der Waals surface area contributed by atoms with Crippen molar-refractivity contribution in [2.24, 2.45) is 0 Å². The van der Waals surface area contributed by atoms with Crippen molar-refractivity contribution < 1.29 is 0 Å². The van der Waals surface area contributed by atoms with Crippen molar-refractivity contribution in [1.82, 2.24) is 4.57 Å². The zero-order valence-electron chi connectivity index (χ0n) is 35.1. The molecule has 0 unspecified atom stereocenters. The zero-order chi connectivity index (χ0) is 41.5. The van der Waals surface area contributed by atoms with Crippen molar-refractivity contribution in [2.45, 2.75) is 26.2 Å². The predicted octanol–water partition coefficient (Wildman–Crippen LogP) is 16.5. The fourth-order valence-electron chi connectivity index (χ4n) is 10.2. The predicted molar refractivity (Wildman–Crippen MR) is 264 cm³/mol. The maximum atomic E-state index is 2.44. The molecular weight excluding hydrogens is 749 g/mol. The molecule has 62 heavy (non-hydrogen) atoms. The number of fused-ring (bicyclic) bond motifs is 8.